The van der Waals surface area contributed by atoms with E-state index in [1.807, 2.05) is 12.1 Å². The lowest BCUT2D eigenvalue weighted by atomic mass is 9.77. The van der Waals surface area contributed by atoms with E-state index in [4.69, 9.17) is 4.74 Å². The molecule has 1 aliphatic heterocycles. The fraction of sp³-hybridized carbons (Fsp3) is 0.478. The molecule has 0 N–H and O–H groups in total. The molecule has 2 aromatic carbocycles. The summed E-state index contributed by atoms with van der Waals surface area (Å²) in [5.74, 6) is 1.46. The molecule has 1 nitrogen and oxygen atoms in total. The molecule has 1 saturated heterocycles. The first-order valence-corrected chi connectivity index (χ1v) is 9.76. The van der Waals surface area contributed by atoms with Crippen LogP contribution in [0.5, 0.6) is 0 Å². The number of hydrogen-bond donors (Lipinski definition) is 0. The van der Waals surface area contributed by atoms with E-state index < -0.39 is 0 Å². The third kappa shape index (κ3) is 3.79. The molecule has 1 aliphatic carbocycles. The summed E-state index contributed by atoms with van der Waals surface area (Å²) in [6.45, 7) is 3.00. The van der Waals surface area contributed by atoms with Gasteiger partial charge in [-0.05, 0) is 60.3 Å². The summed E-state index contributed by atoms with van der Waals surface area (Å²) in [6.07, 6.45) is 8.12. The minimum absolute atomic E-state index is 0.105. The van der Waals surface area contributed by atoms with Crippen LogP contribution in [0.2, 0.25) is 0 Å². The SMILES string of the molecule is CCCC1CCC(c2ccc(-c3ccc(C4CO4)cc3F)cc2)CC1. The molecule has 2 aromatic rings. The summed E-state index contributed by atoms with van der Waals surface area (Å²) in [5, 5.41) is 0. The van der Waals surface area contributed by atoms with E-state index in [0.29, 0.717) is 18.1 Å². The van der Waals surface area contributed by atoms with Crippen molar-refractivity contribution >= 4 is 0 Å². The molecule has 132 valence electrons. The Kier molecular flexibility index (Phi) is 4.89. The predicted octanol–water partition coefficient (Wildman–Crippen LogP) is 6.64. The maximum atomic E-state index is 14.4. The molecule has 25 heavy (non-hydrogen) atoms. The summed E-state index contributed by atoms with van der Waals surface area (Å²) in [6, 6.07) is 14.1. The van der Waals surface area contributed by atoms with E-state index in [2.05, 4.69) is 31.2 Å². The molecule has 2 aliphatic rings. The van der Waals surface area contributed by atoms with Crippen molar-refractivity contribution in [1.29, 1.82) is 0 Å². The molecular weight excluding hydrogens is 311 g/mol. The Morgan fingerprint density at radius 2 is 1.64 bits per heavy atom. The van der Waals surface area contributed by atoms with Crippen LogP contribution in [0, 0.1) is 11.7 Å². The first-order chi connectivity index (χ1) is 12.2. The van der Waals surface area contributed by atoms with Crippen LogP contribution in [0.1, 0.15) is 68.6 Å². The molecule has 0 spiro atoms. The van der Waals surface area contributed by atoms with Gasteiger partial charge in [0.25, 0.3) is 0 Å². The molecule has 0 amide bonds. The van der Waals surface area contributed by atoms with Gasteiger partial charge in [0.05, 0.1) is 6.61 Å². The van der Waals surface area contributed by atoms with E-state index in [1.165, 1.54) is 44.1 Å². The zero-order valence-corrected chi connectivity index (χ0v) is 15.0. The average Bonchev–Trinajstić information content (AvgIpc) is 3.48. The third-order valence-electron chi connectivity index (χ3n) is 5.94. The van der Waals surface area contributed by atoms with Crippen LogP contribution in [-0.4, -0.2) is 6.61 Å². The predicted molar refractivity (Wildman–Crippen MR) is 100 cm³/mol. The lowest BCUT2D eigenvalue weighted by Gasteiger charge is -2.28. The number of halogens is 1. The Hall–Kier alpha value is -1.67. The second-order valence-corrected chi connectivity index (χ2v) is 7.69. The zero-order valence-electron chi connectivity index (χ0n) is 15.0. The molecule has 0 aromatic heterocycles. The van der Waals surface area contributed by atoms with E-state index in [-0.39, 0.29) is 11.9 Å². The van der Waals surface area contributed by atoms with Crippen molar-refractivity contribution in [2.24, 2.45) is 5.92 Å². The number of epoxide rings is 1. The maximum absolute atomic E-state index is 14.4. The second kappa shape index (κ2) is 7.29. The van der Waals surface area contributed by atoms with E-state index in [0.717, 1.165) is 17.0 Å². The fourth-order valence-electron chi connectivity index (χ4n) is 4.33. The highest BCUT2D eigenvalue weighted by molar-refractivity contribution is 5.65. The first-order valence-electron chi connectivity index (χ1n) is 9.76. The molecule has 1 atom stereocenters. The molecule has 0 radical (unpaired) electrons. The van der Waals surface area contributed by atoms with Crippen molar-refractivity contribution < 1.29 is 9.13 Å². The molecule has 2 heteroatoms. The molecule has 4 rings (SSSR count). The summed E-state index contributed by atoms with van der Waals surface area (Å²) in [4.78, 5) is 0. The van der Waals surface area contributed by atoms with Crippen LogP contribution in [0.15, 0.2) is 42.5 Å². The van der Waals surface area contributed by atoms with E-state index >= 15 is 0 Å². The topological polar surface area (TPSA) is 12.5 Å². The van der Waals surface area contributed by atoms with Crippen LogP contribution >= 0.6 is 0 Å². The van der Waals surface area contributed by atoms with Crippen molar-refractivity contribution in [3.05, 3.63) is 59.4 Å². The van der Waals surface area contributed by atoms with Gasteiger partial charge in [-0.25, -0.2) is 4.39 Å². The van der Waals surface area contributed by atoms with Crippen LogP contribution in [0.4, 0.5) is 4.39 Å². The Morgan fingerprint density at radius 1 is 0.960 bits per heavy atom. The number of hydrogen-bond acceptors (Lipinski definition) is 1. The Bertz CT molecular complexity index is 709. The molecular formula is C23H27FO. The monoisotopic (exact) mass is 338 g/mol. The quantitative estimate of drug-likeness (QED) is 0.557. The van der Waals surface area contributed by atoms with Gasteiger partial charge >= 0.3 is 0 Å². The Labute approximate surface area is 150 Å². The number of rotatable bonds is 5. The summed E-state index contributed by atoms with van der Waals surface area (Å²) in [5.41, 5.74) is 4.01. The molecule has 1 saturated carbocycles. The van der Waals surface area contributed by atoms with Crippen molar-refractivity contribution in [1.82, 2.24) is 0 Å². The first kappa shape index (κ1) is 16.8. The molecule has 0 bridgehead atoms. The summed E-state index contributed by atoms with van der Waals surface area (Å²) >= 11 is 0. The van der Waals surface area contributed by atoms with E-state index in [9.17, 15) is 4.39 Å². The van der Waals surface area contributed by atoms with Gasteiger partial charge in [-0.3, -0.25) is 0 Å². The van der Waals surface area contributed by atoms with Gasteiger partial charge in [-0.1, -0.05) is 56.2 Å². The standard InChI is InChI=1S/C23H27FO/c1-2-3-16-4-6-17(7-5-16)18-8-10-19(11-9-18)21-13-12-20(14-22(21)24)23-15-25-23/h8-14,16-17,23H,2-7,15H2,1H3. The van der Waals surface area contributed by atoms with Crippen molar-refractivity contribution in [3.63, 3.8) is 0 Å². The normalized spacial score (nSPS) is 25.8. The fourth-order valence-corrected chi connectivity index (χ4v) is 4.33. The molecule has 1 unspecified atom stereocenters. The largest absolute Gasteiger partial charge is 0.368 e. The van der Waals surface area contributed by atoms with Crippen LogP contribution in [-0.2, 0) is 4.74 Å². The zero-order chi connectivity index (χ0) is 17.2. The summed E-state index contributed by atoms with van der Waals surface area (Å²) in [7, 11) is 0. The van der Waals surface area contributed by atoms with Crippen LogP contribution in [0.3, 0.4) is 0 Å². The second-order valence-electron chi connectivity index (χ2n) is 7.69. The lowest BCUT2D eigenvalue weighted by Crippen LogP contribution is -2.13. The third-order valence-corrected chi connectivity index (χ3v) is 5.94. The van der Waals surface area contributed by atoms with Gasteiger partial charge in [0.1, 0.15) is 11.9 Å². The Balaban J connectivity index is 1.45. The highest BCUT2D eigenvalue weighted by Gasteiger charge is 2.26. The van der Waals surface area contributed by atoms with Gasteiger partial charge in [-0.15, -0.1) is 0 Å². The average molecular weight is 338 g/mol. The highest BCUT2D eigenvalue weighted by Crippen LogP contribution is 2.38. The molecule has 2 fully saturated rings. The van der Waals surface area contributed by atoms with Crippen molar-refractivity contribution in [3.8, 4) is 11.1 Å². The van der Waals surface area contributed by atoms with Gasteiger partial charge in [0.15, 0.2) is 0 Å². The smallest absolute Gasteiger partial charge is 0.131 e. The minimum atomic E-state index is -0.152. The lowest BCUT2D eigenvalue weighted by molar-refractivity contribution is 0.308. The van der Waals surface area contributed by atoms with Crippen molar-refractivity contribution in [2.75, 3.05) is 6.61 Å². The summed E-state index contributed by atoms with van der Waals surface area (Å²) < 4.78 is 19.7. The minimum Gasteiger partial charge on any atom is -0.368 e. The van der Waals surface area contributed by atoms with E-state index in [1.54, 1.807) is 6.07 Å². The van der Waals surface area contributed by atoms with Gasteiger partial charge in [-0.2, -0.15) is 0 Å². The van der Waals surface area contributed by atoms with Crippen LogP contribution in [0.25, 0.3) is 11.1 Å². The Morgan fingerprint density at radius 3 is 2.24 bits per heavy atom. The van der Waals surface area contributed by atoms with Gasteiger partial charge in [0, 0.05) is 5.56 Å². The highest BCUT2D eigenvalue weighted by atomic mass is 19.1. The maximum Gasteiger partial charge on any atom is 0.131 e. The van der Waals surface area contributed by atoms with Gasteiger partial charge in [0.2, 0.25) is 0 Å². The molecule has 1 heterocycles. The number of ether oxygens (including phenoxy) is 1. The number of benzene rings is 2. The van der Waals surface area contributed by atoms with Crippen LogP contribution < -0.4 is 0 Å². The van der Waals surface area contributed by atoms with Crippen molar-refractivity contribution in [2.45, 2.75) is 57.5 Å². The van der Waals surface area contributed by atoms with Gasteiger partial charge < -0.3 is 4.74 Å².